The summed E-state index contributed by atoms with van der Waals surface area (Å²) in [4.78, 5) is 4.17. The molecule has 0 fully saturated rings. The monoisotopic (exact) mass is 217 g/mol. The molecule has 0 saturated heterocycles. The number of hydrogen-bond donors (Lipinski definition) is 1. The third-order valence-electron chi connectivity index (χ3n) is 2.60. The van der Waals surface area contributed by atoms with Crippen LogP contribution in [0.15, 0.2) is 24.5 Å². The lowest BCUT2D eigenvalue weighted by Gasteiger charge is -2.09. The van der Waals surface area contributed by atoms with Gasteiger partial charge in [-0.05, 0) is 19.9 Å². The molecular weight excluding hydrogens is 202 g/mol. The van der Waals surface area contributed by atoms with Gasteiger partial charge in [-0.1, -0.05) is 6.07 Å². The van der Waals surface area contributed by atoms with Crippen molar-refractivity contribution in [3.63, 3.8) is 0 Å². The molecule has 0 aliphatic rings. The second kappa shape index (κ2) is 4.06. The predicted molar refractivity (Wildman–Crippen MR) is 61.0 cm³/mol. The zero-order valence-corrected chi connectivity index (χ0v) is 9.68. The van der Waals surface area contributed by atoms with Crippen LogP contribution in [0, 0.1) is 13.8 Å². The molecule has 16 heavy (non-hydrogen) atoms. The first-order valence-electron chi connectivity index (χ1n) is 5.18. The van der Waals surface area contributed by atoms with Crippen LogP contribution in [0.3, 0.4) is 0 Å². The number of rotatable bonds is 2. The van der Waals surface area contributed by atoms with Gasteiger partial charge in [0.25, 0.3) is 0 Å². The second-order valence-corrected chi connectivity index (χ2v) is 3.98. The van der Waals surface area contributed by atoms with Crippen LogP contribution < -0.4 is 0 Å². The molecule has 2 rings (SSSR count). The maximum absolute atomic E-state index is 10.2. The molecule has 0 aromatic carbocycles. The van der Waals surface area contributed by atoms with Crippen LogP contribution in [0.2, 0.25) is 0 Å². The molecule has 0 aliphatic carbocycles. The van der Waals surface area contributed by atoms with Gasteiger partial charge >= 0.3 is 0 Å². The van der Waals surface area contributed by atoms with Gasteiger partial charge in [-0.3, -0.25) is 9.67 Å². The molecule has 0 spiro atoms. The van der Waals surface area contributed by atoms with Gasteiger partial charge in [0, 0.05) is 36.3 Å². The Labute approximate surface area is 94.6 Å². The number of aryl methyl sites for hydroxylation is 3. The van der Waals surface area contributed by atoms with Gasteiger partial charge < -0.3 is 5.11 Å². The van der Waals surface area contributed by atoms with Gasteiger partial charge in [0.2, 0.25) is 0 Å². The van der Waals surface area contributed by atoms with Crippen LogP contribution in [0.5, 0.6) is 0 Å². The Kier molecular flexibility index (Phi) is 2.75. The van der Waals surface area contributed by atoms with Gasteiger partial charge in [-0.2, -0.15) is 5.10 Å². The maximum atomic E-state index is 10.2. The van der Waals surface area contributed by atoms with E-state index in [4.69, 9.17) is 0 Å². The summed E-state index contributed by atoms with van der Waals surface area (Å²) in [5.74, 6) is 0. The topological polar surface area (TPSA) is 50.9 Å². The normalized spacial score (nSPS) is 12.8. The van der Waals surface area contributed by atoms with Gasteiger partial charge in [-0.15, -0.1) is 0 Å². The standard InChI is InChI=1S/C12H15N3O/c1-8-4-5-10(6-13-8)12(16)11-7-15(3)14-9(11)2/h4-7,12,16H,1-3H3. The second-order valence-electron chi connectivity index (χ2n) is 3.98. The Hall–Kier alpha value is -1.68. The van der Waals surface area contributed by atoms with Crippen LogP contribution in [0.1, 0.15) is 28.6 Å². The largest absolute Gasteiger partial charge is 0.383 e. The highest BCUT2D eigenvalue weighted by molar-refractivity contribution is 5.29. The van der Waals surface area contributed by atoms with E-state index in [0.717, 1.165) is 22.5 Å². The van der Waals surface area contributed by atoms with E-state index in [-0.39, 0.29) is 0 Å². The average Bonchev–Trinajstić information content (AvgIpc) is 2.58. The van der Waals surface area contributed by atoms with E-state index in [1.54, 1.807) is 10.9 Å². The Bertz CT molecular complexity index is 487. The van der Waals surface area contributed by atoms with E-state index in [1.165, 1.54) is 0 Å². The molecule has 4 heteroatoms. The summed E-state index contributed by atoms with van der Waals surface area (Å²) in [6.07, 6.45) is 2.88. The quantitative estimate of drug-likeness (QED) is 0.829. The predicted octanol–water partition coefficient (Wildman–Crippen LogP) is 1.51. The number of aliphatic hydroxyl groups is 1. The van der Waals surface area contributed by atoms with Crippen molar-refractivity contribution in [3.8, 4) is 0 Å². The third-order valence-corrected chi connectivity index (χ3v) is 2.60. The minimum absolute atomic E-state index is 0.651. The van der Waals surface area contributed by atoms with E-state index >= 15 is 0 Å². The van der Waals surface area contributed by atoms with Crippen LogP contribution in [-0.4, -0.2) is 19.9 Å². The first kappa shape index (κ1) is 10.8. The molecule has 2 aromatic heterocycles. The van der Waals surface area contributed by atoms with Gasteiger partial charge in [0.1, 0.15) is 6.10 Å². The lowest BCUT2D eigenvalue weighted by atomic mass is 10.0. The Morgan fingerprint density at radius 1 is 1.31 bits per heavy atom. The van der Waals surface area contributed by atoms with Crippen molar-refractivity contribution in [1.82, 2.24) is 14.8 Å². The van der Waals surface area contributed by atoms with E-state index in [9.17, 15) is 5.11 Å². The highest BCUT2D eigenvalue weighted by Crippen LogP contribution is 2.23. The minimum Gasteiger partial charge on any atom is -0.383 e. The van der Waals surface area contributed by atoms with Gasteiger partial charge in [0.05, 0.1) is 5.69 Å². The highest BCUT2D eigenvalue weighted by atomic mass is 16.3. The zero-order chi connectivity index (χ0) is 11.7. The lowest BCUT2D eigenvalue weighted by molar-refractivity contribution is 0.219. The lowest BCUT2D eigenvalue weighted by Crippen LogP contribution is -2.01. The minimum atomic E-state index is -0.651. The van der Waals surface area contributed by atoms with Crippen molar-refractivity contribution in [3.05, 3.63) is 47.0 Å². The van der Waals surface area contributed by atoms with Crippen molar-refractivity contribution in [2.75, 3.05) is 0 Å². The summed E-state index contributed by atoms with van der Waals surface area (Å²) >= 11 is 0. The molecule has 2 heterocycles. The molecular formula is C12H15N3O. The molecule has 0 saturated carbocycles. The fourth-order valence-corrected chi connectivity index (χ4v) is 1.71. The Morgan fingerprint density at radius 2 is 2.06 bits per heavy atom. The summed E-state index contributed by atoms with van der Waals surface area (Å²) in [6, 6.07) is 3.78. The number of hydrogen-bond acceptors (Lipinski definition) is 3. The highest BCUT2D eigenvalue weighted by Gasteiger charge is 2.15. The van der Waals surface area contributed by atoms with E-state index < -0.39 is 6.10 Å². The Morgan fingerprint density at radius 3 is 2.56 bits per heavy atom. The number of pyridine rings is 1. The molecule has 4 nitrogen and oxygen atoms in total. The first-order chi connectivity index (χ1) is 7.58. The zero-order valence-electron chi connectivity index (χ0n) is 9.68. The molecule has 84 valence electrons. The van der Waals surface area contributed by atoms with Crippen LogP contribution in [0.25, 0.3) is 0 Å². The van der Waals surface area contributed by atoms with Crippen LogP contribution in [-0.2, 0) is 7.05 Å². The summed E-state index contributed by atoms with van der Waals surface area (Å²) in [6.45, 7) is 3.81. The molecule has 0 radical (unpaired) electrons. The van der Waals surface area contributed by atoms with Crippen LogP contribution >= 0.6 is 0 Å². The SMILES string of the molecule is Cc1ccc(C(O)c2cn(C)nc2C)cn1. The van der Waals surface area contributed by atoms with Crippen molar-refractivity contribution >= 4 is 0 Å². The van der Waals surface area contributed by atoms with Crippen molar-refractivity contribution < 1.29 is 5.11 Å². The maximum Gasteiger partial charge on any atom is 0.109 e. The summed E-state index contributed by atoms with van der Waals surface area (Å²) in [5.41, 5.74) is 3.41. The number of nitrogens with zero attached hydrogens (tertiary/aromatic N) is 3. The molecule has 0 amide bonds. The average molecular weight is 217 g/mol. The van der Waals surface area contributed by atoms with Gasteiger partial charge in [0.15, 0.2) is 0 Å². The van der Waals surface area contributed by atoms with E-state index in [1.807, 2.05) is 39.2 Å². The van der Waals surface area contributed by atoms with E-state index in [2.05, 4.69) is 10.1 Å². The van der Waals surface area contributed by atoms with Gasteiger partial charge in [-0.25, -0.2) is 0 Å². The third kappa shape index (κ3) is 1.97. The fourth-order valence-electron chi connectivity index (χ4n) is 1.71. The first-order valence-corrected chi connectivity index (χ1v) is 5.18. The van der Waals surface area contributed by atoms with Crippen LogP contribution in [0.4, 0.5) is 0 Å². The molecule has 0 aliphatic heterocycles. The van der Waals surface area contributed by atoms with Crippen molar-refractivity contribution in [2.45, 2.75) is 20.0 Å². The summed E-state index contributed by atoms with van der Waals surface area (Å²) < 4.78 is 1.70. The Balaban J connectivity index is 2.35. The summed E-state index contributed by atoms with van der Waals surface area (Å²) in [5, 5.41) is 14.4. The number of aliphatic hydroxyl groups excluding tert-OH is 1. The molecule has 0 bridgehead atoms. The molecule has 2 aromatic rings. The fraction of sp³-hybridized carbons (Fsp3) is 0.333. The van der Waals surface area contributed by atoms with Crippen molar-refractivity contribution in [2.24, 2.45) is 7.05 Å². The molecule has 1 unspecified atom stereocenters. The summed E-state index contributed by atoms with van der Waals surface area (Å²) in [7, 11) is 1.84. The van der Waals surface area contributed by atoms with Crippen molar-refractivity contribution in [1.29, 1.82) is 0 Å². The van der Waals surface area contributed by atoms with E-state index in [0.29, 0.717) is 0 Å². The smallest absolute Gasteiger partial charge is 0.109 e. The molecule has 1 atom stereocenters. The molecule has 1 N–H and O–H groups in total. The number of aromatic nitrogens is 3.